The minimum atomic E-state index is -3.21. The monoisotopic (exact) mass is 225 g/mol. The topological polar surface area (TPSA) is 37.1 Å². The van der Waals surface area contributed by atoms with Crippen molar-refractivity contribution in [3.63, 3.8) is 0 Å². The van der Waals surface area contributed by atoms with Gasteiger partial charge in [0.15, 0.2) is 0 Å². The fourth-order valence-corrected chi connectivity index (χ4v) is 3.29. The molecule has 1 aliphatic heterocycles. The highest BCUT2D eigenvalue weighted by molar-refractivity contribution is 7.89. The van der Waals surface area contributed by atoms with E-state index in [4.69, 9.17) is 0 Å². The number of hydrogen-bond acceptors (Lipinski definition) is 2. The van der Waals surface area contributed by atoms with Gasteiger partial charge >= 0.3 is 0 Å². The van der Waals surface area contributed by atoms with Crippen molar-refractivity contribution in [1.82, 2.24) is 4.31 Å². The summed E-state index contributed by atoms with van der Waals surface area (Å²) in [4.78, 5) is 0.407. The molecule has 2 rings (SSSR count). The Labute approximate surface area is 90.8 Å². The minimum Gasteiger partial charge on any atom is -0.207 e. The number of aryl methyl sites for hydroxylation is 1. The molecule has 0 bridgehead atoms. The van der Waals surface area contributed by atoms with Gasteiger partial charge in [0.2, 0.25) is 10.0 Å². The highest BCUT2D eigenvalue weighted by Crippen LogP contribution is 2.29. The first-order valence-electron chi connectivity index (χ1n) is 5.14. The molecular weight excluding hydrogens is 210 g/mol. The van der Waals surface area contributed by atoms with E-state index < -0.39 is 10.0 Å². The number of sulfonamides is 1. The predicted octanol–water partition coefficient (Wildman–Crippen LogP) is 1.78. The summed E-state index contributed by atoms with van der Waals surface area (Å²) in [5.41, 5.74) is 1.08. The molecule has 0 spiro atoms. The zero-order valence-corrected chi connectivity index (χ0v) is 9.79. The lowest BCUT2D eigenvalue weighted by Gasteiger charge is -2.05. The lowest BCUT2D eigenvalue weighted by molar-refractivity contribution is 0.550. The van der Waals surface area contributed by atoms with Gasteiger partial charge in [0.1, 0.15) is 0 Å². The molecule has 15 heavy (non-hydrogen) atoms. The molecule has 1 unspecified atom stereocenters. The van der Waals surface area contributed by atoms with E-state index in [1.54, 1.807) is 16.4 Å². The van der Waals surface area contributed by atoms with Gasteiger partial charge in [0, 0.05) is 12.6 Å². The van der Waals surface area contributed by atoms with Crippen molar-refractivity contribution in [3.05, 3.63) is 29.8 Å². The second kappa shape index (κ2) is 3.61. The molecule has 0 aromatic heterocycles. The van der Waals surface area contributed by atoms with Crippen LogP contribution in [0.4, 0.5) is 0 Å². The van der Waals surface area contributed by atoms with Crippen LogP contribution in [0.15, 0.2) is 29.2 Å². The predicted molar refractivity (Wildman–Crippen MR) is 59.1 cm³/mol. The van der Waals surface area contributed by atoms with Gasteiger partial charge in [0.05, 0.1) is 4.90 Å². The highest BCUT2D eigenvalue weighted by atomic mass is 32.2. The zero-order chi connectivity index (χ0) is 11.1. The molecule has 0 saturated carbocycles. The lowest BCUT2D eigenvalue weighted by Crippen LogP contribution is -2.14. The maximum atomic E-state index is 12.0. The van der Waals surface area contributed by atoms with E-state index in [0.717, 1.165) is 12.0 Å². The summed E-state index contributed by atoms with van der Waals surface area (Å²) in [5.74, 6) is 0. The molecule has 1 aromatic rings. The molecule has 1 saturated heterocycles. The standard InChI is InChI=1S/C11H15NO2S/c1-3-10-8-12(10)15(13,14)11-6-4-9(2)5-7-11/h4-7,10H,3,8H2,1-2H3/t10-,12?/m1/s1. The fraction of sp³-hybridized carbons (Fsp3) is 0.455. The summed E-state index contributed by atoms with van der Waals surface area (Å²) in [5, 5.41) is 0. The number of rotatable bonds is 3. The molecule has 3 nitrogen and oxygen atoms in total. The molecule has 0 amide bonds. The highest BCUT2D eigenvalue weighted by Gasteiger charge is 2.42. The van der Waals surface area contributed by atoms with Crippen molar-refractivity contribution in [3.8, 4) is 0 Å². The van der Waals surface area contributed by atoms with Crippen LogP contribution in [0.25, 0.3) is 0 Å². The molecular formula is C11H15NO2S. The molecule has 2 atom stereocenters. The normalized spacial score (nSPS) is 25.2. The average molecular weight is 225 g/mol. The van der Waals surface area contributed by atoms with Crippen molar-refractivity contribution in [2.75, 3.05) is 6.54 Å². The third kappa shape index (κ3) is 1.92. The summed E-state index contributed by atoms with van der Waals surface area (Å²) in [7, 11) is -3.21. The molecule has 4 heteroatoms. The van der Waals surface area contributed by atoms with Crippen molar-refractivity contribution in [2.24, 2.45) is 0 Å². The van der Waals surface area contributed by atoms with Gasteiger partial charge in [-0.2, -0.15) is 4.31 Å². The van der Waals surface area contributed by atoms with E-state index in [1.807, 2.05) is 26.0 Å². The van der Waals surface area contributed by atoms with Crippen LogP contribution in [0.1, 0.15) is 18.9 Å². The van der Waals surface area contributed by atoms with Gasteiger partial charge in [-0.05, 0) is 25.5 Å². The average Bonchev–Trinajstić information content (AvgIpc) is 2.98. The molecule has 0 aliphatic carbocycles. The number of hydrogen-bond donors (Lipinski definition) is 0. The van der Waals surface area contributed by atoms with E-state index in [9.17, 15) is 8.42 Å². The summed E-state index contributed by atoms with van der Waals surface area (Å²) in [6.07, 6.45) is 0.894. The van der Waals surface area contributed by atoms with Crippen LogP contribution >= 0.6 is 0 Å². The van der Waals surface area contributed by atoms with Crippen molar-refractivity contribution >= 4 is 10.0 Å². The Bertz CT molecular complexity index is 450. The summed E-state index contributed by atoms with van der Waals surface area (Å²) >= 11 is 0. The van der Waals surface area contributed by atoms with E-state index in [1.165, 1.54) is 0 Å². The minimum absolute atomic E-state index is 0.219. The van der Waals surface area contributed by atoms with Crippen molar-refractivity contribution in [2.45, 2.75) is 31.2 Å². The molecule has 0 N–H and O–H groups in total. The van der Waals surface area contributed by atoms with E-state index >= 15 is 0 Å². The largest absolute Gasteiger partial charge is 0.243 e. The van der Waals surface area contributed by atoms with Gasteiger partial charge < -0.3 is 0 Å². The molecule has 1 aromatic carbocycles. The maximum absolute atomic E-state index is 12.0. The molecule has 1 aliphatic rings. The van der Waals surface area contributed by atoms with Crippen LogP contribution in [-0.2, 0) is 10.0 Å². The van der Waals surface area contributed by atoms with Crippen LogP contribution in [0, 0.1) is 6.92 Å². The maximum Gasteiger partial charge on any atom is 0.243 e. The van der Waals surface area contributed by atoms with Crippen LogP contribution in [0.5, 0.6) is 0 Å². The Hall–Kier alpha value is -0.870. The zero-order valence-electron chi connectivity index (χ0n) is 8.97. The Balaban J connectivity index is 2.27. The molecule has 82 valence electrons. The third-order valence-corrected chi connectivity index (χ3v) is 4.70. The van der Waals surface area contributed by atoms with Crippen LogP contribution in [0.2, 0.25) is 0 Å². The summed E-state index contributed by atoms with van der Waals surface area (Å²) in [6.45, 7) is 4.63. The second-order valence-electron chi connectivity index (χ2n) is 3.95. The third-order valence-electron chi connectivity index (χ3n) is 2.76. The van der Waals surface area contributed by atoms with Gasteiger partial charge in [-0.3, -0.25) is 0 Å². The summed E-state index contributed by atoms with van der Waals surface area (Å²) < 4.78 is 25.6. The Morgan fingerprint density at radius 3 is 2.40 bits per heavy atom. The van der Waals surface area contributed by atoms with Gasteiger partial charge in [-0.25, -0.2) is 8.42 Å². The first-order chi connectivity index (χ1) is 7.05. The van der Waals surface area contributed by atoms with E-state index in [0.29, 0.717) is 11.4 Å². The molecule has 1 fully saturated rings. The molecule has 0 radical (unpaired) electrons. The van der Waals surface area contributed by atoms with Crippen LogP contribution < -0.4 is 0 Å². The first kappa shape index (κ1) is 10.6. The van der Waals surface area contributed by atoms with Crippen LogP contribution in [0.3, 0.4) is 0 Å². The lowest BCUT2D eigenvalue weighted by atomic mass is 10.2. The van der Waals surface area contributed by atoms with Gasteiger partial charge in [-0.1, -0.05) is 24.6 Å². The van der Waals surface area contributed by atoms with Gasteiger partial charge in [-0.15, -0.1) is 0 Å². The summed E-state index contributed by atoms with van der Waals surface area (Å²) in [6, 6.07) is 7.23. The van der Waals surface area contributed by atoms with Gasteiger partial charge in [0.25, 0.3) is 0 Å². The van der Waals surface area contributed by atoms with Crippen LogP contribution in [-0.4, -0.2) is 25.3 Å². The fourth-order valence-electron chi connectivity index (χ4n) is 1.63. The van der Waals surface area contributed by atoms with E-state index in [-0.39, 0.29) is 6.04 Å². The number of benzene rings is 1. The Morgan fingerprint density at radius 2 is 1.93 bits per heavy atom. The quantitative estimate of drug-likeness (QED) is 0.735. The first-order valence-corrected chi connectivity index (χ1v) is 6.58. The smallest absolute Gasteiger partial charge is 0.207 e. The van der Waals surface area contributed by atoms with Crippen molar-refractivity contribution in [1.29, 1.82) is 0 Å². The SMILES string of the molecule is CC[C@@H]1CN1S(=O)(=O)c1ccc(C)cc1. The van der Waals surface area contributed by atoms with Crippen molar-refractivity contribution < 1.29 is 8.42 Å². The number of nitrogens with zero attached hydrogens (tertiary/aromatic N) is 1. The molecule has 1 heterocycles. The van der Waals surface area contributed by atoms with E-state index in [2.05, 4.69) is 0 Å². The Morgan fingerprint density at radius 1 is 1.33 bits per heavy atom. The second-order valence-corrected chi connectivity index (χ2v) is 5.84. The Kier molecular flexibility index (Phi) is 2.56.